The summed E-state index contributed by atoms with van der Waals surface area (Å²) in [5.74, 6) is 0.402. The third-order valence-corrected chi connectivity index (χ3v) is 6.50. The quantitative estimate of drug-likeness (QED) is 0.694. The number of aromatic nitrogens is 3. The number of benzene rings is 1. The SMILES string of the molecule is N#Cc1cc(CNc2c3c(nc4c(Cl)cnn24)C2(CCCC2)CC3)ccc1F. The molecule has 0 aliphatic heterocycles. The molecule has 28 heavy (non-hydrogen) atoms. The van der Waals surface area contributed by atoms with E-state index in [0.29, 0.717) is 17.2 Å². The third-order valence-electron chi connectivity index (χ3n) is 6.23. The molecule has 3 aromatic rings. The van der Waals surface area contributed by atoms with E-state index in [1.807, 2.05) is 6.07 Å². The average Bonchev–Trinajstić information content (AvgIpc) is 3.42. The third kappa shape index (κ3) is 2.57. The van der Waals surface area contributed by atoms with Crippen LogP contribution in [0.3, 0.4) is 0 Å². The summed E-state index contributed by atoms with van der Waals surface area (Å²) in [6, 6.07) is 6.50. The van der Waals surface area contributed by atoms with Gasteiger partial charge in [0, 0.05) is 17.5 Å². The van der Waals surface area contributed by atoms with Gasteiger partial charge in [-0.1, -0.05) is 30.5 Å². The van der Waals surface area contributed by atoms with Gasteiger partial charge in [0.1, 0.15) is 22.7 Å². The van der Waals surface area contributed by atoms with Crippen LogP contribution in [-0.2, 0) is 18.4 Å². The summed E-state index contributed by atoms with van der Waals surface area (Å²) in [4.78, 5) is 4.94. The predicted molar refractivity (Wildman–Crippen MR) is 105 cm³/mol. The Morgan fingerprint density at radius 2 is 2.11 bits per heavy atom. The van der Waals surface area contributed by atoms with Gasteiger partial charge in [-0.2, -0.15) is 14.9 Å². The second-order valence-corrected chi connectivity index (χ2v) is 8.19. The van der Waals surface area contributed by atoms with Crippen LogP contribution in [0.2, 0.25) is 5.02 Å². The Labute approximate surface area is 167 Å². The Hall–Kier alpha value is -2.65. The van der Waals surface area contributed by atoms with Crippen LogP contribution < -0.4 is 5.32 Å². The van der Waals surface area contributed by atoms with Crippen molar-refractivity contribution in [2.24, 2.45) is 0 Å². The normalized spacial score (nSPS) is 17.2. The van der Waals surface area contributed by atoms with E-state index in [1.54, 1.807) is 22.8 Å². The Morgan fingerprint density at radius 1 is 1.29 bits per heavy atom. The summed E-state index contributed by atoms with van der Waals surface area (Å²) in [6.45, 7) is 0.463. The van der Waals surface area contributed by atoms with Gasteiger partial charge in [-0.3, -0.25) is 0 Å². The molecule has 2 aliphatic rings. The minimum absolute atomic E-state index is 0.0523. The zero-order chi connectivity index (χ0) is 19.3. The molecule has 1 aromatic carbocycles. The lowest BCUT2D eigenvalue weighted by molar-refractivity contribution is 0.429. The fraction of sp³-hybridized carbons (Fsp3) is 0.381. The van der Waals surface area contributed by atoms with Crippen molar-refractivity contribution in [3.63, 3.8) is 0 Å². The number of nitriles is 1. The molecule has 0 amide bonds. The fourth-order valence-corrected chi connectivity index (χ4v) is 5.00. The first-order chi connectivity index (χ1) is 13.6. The van der Waals surface area contributed by atoms with Crippen LogP contribution in [0, 0.1) is 17.1 Å². The summed E-state index contributed by atoms with van der Waals surface area (Å²) in [5.41, 5.74) is 4.11. The first-order valence-electron chi connectivity index (χ1n) is 9.60. The molecule has 2 heterocycles. The monoisotopic (exact) mass is 395 g/mol. The van der Waals surface area contributed by atoms with E-state index in [-0.39, 0.29) is 11.0 Å². The smallest absolute Gasteiger partial charge is 0.176 e. The van der Waals surface area contributed by atoms with Crippen molar-refractivity contribution < 1.29 is 4.39 Å². The van der Waals surface area contributed by atoms with Crippen molar-refractivity contribution in [2.45, 2.75) is 50.5 Å². The van der Waals surface area contributed by atoms with Crippen molar-refractivity contribution in [3.8, 4) is 6.07 Å². The van der Waals surface area contributed by atoms with Crippen LogP contribution in [0.5, 0.6) is 0 Å². The summed E-state index contributed by atoms with van der Waals surface area (Å²) in [7, 11) is 0. The maximum absolute atomic E-state index is 13.6. The van der Waals surface area contributed by atoms with Crippen LogP contribution in [0.15, 0.2) is 24.4 Å². The summed E-state index contributed by atoms with van der Waals surface area (Å²) in [5, 5.41) is 17.5. The molecule has 5 rings (SSSR count). The average molecular weight is 396 g/mol. The first-order valence-corrected chi connectivity index (χ1v) is 9.98. The highest BCUT2D eigenvalue weighted by Crippen LogP contribution is 2.51. The zero-order valence-corrected chi connectivity index (χ0v) is 16.1. The molecule has 0 atom stereocenters. The van der Waals surface area contributed by atoms with Crippen LogP contribution in [-0.4, -0.2) is 14.6 Å². The lowest BCUT2D eigenvalue weighted by Crippen LogP contribution is -2.20. The molecule has 1 N–H and O–H groups in total. The Morgan fingerprint density at radius 3 is 2.89 bits per heavy atom. The Kier molecular flexibility index (Phi) is 4.02. The van der Waals surface area contributed by atoms with Crippen molar-refractivity contribution in [1.82, 2.24) is 14.6 Å². The largest absolute Gasteiger partial charge is 0.366 e. The van der Waals surface area contributed by atoms with Gasteiger partial charge >= 0.3 is 0 Å². The van der Waals surface area contributed by atoms with Gasteiger partial charge in [0.05, 0.1) is 17.5 Å². The molecule has 7 heteroatoms. The standard InChI is InChI=1S/C21H19ClFN5/c22-16-12-26-28-19(25-11-13-3-4-17(23)14(9-13)10-24)15-5-8-21(6-1-2-7-21)18(15)27-20(16)28/h3-4,9,12,25H,1-2,5-8,11H2. The molecule has 0 unspecified atom stereocenters. The second kappa shape index (κ2) is 6.46. The molecule has 1 fully saturated rings. The highest BCUT2D eigenvalue weighted by Gasteiger charge is 2.44. The molecule has 1 spiro atoms. The van der Waals surface area contributed by atoms with Gasteiger partial charge in [-0.05, 0) is 43.4 Å². The summed E-state index contributed by atoms with van der Waals surface area (Å²) < 4.78 is 15.4. The minimum Gasteiger partial charge on any atom is -0.366 e. The Bertz CT molecular complexity index is 1120. The number of fused-ring (bicyclic) bond motifs is 3. The zero-order valence-electron chi connectivity index (χ0n) is 15.3. The molecular formula is C21H19ClFN5. The maximum atomic E-state index is 13.6. The van der Waals surface area contributed by atoms with Gasteiger partial charge in [0.25, 0.3) is 0 Å². The van der Waals surface area contributed by atoms with Crippen molar-refractivity contribution >= 4 is 23.1 Å². The summed E-state index contributed by atoms with van der Waals surface area (Å²) >= 11 is 6.36. The number of hydrogen-bond donors (Lipinski definition) is 1. The molecule has 0 radical (unpaired) electrons. The first kappa shape index (κ1) is 17.4. The van der Waals surface area contributed by atoms with E-state index >= 15 is 0 Å². The second-order valence-electron chi connectivity index (χ2n) is 7.78. The van der Waals surface area contributed by atoms with Gasteiger partial charge < -0.3 is 5.32 Å². The van der Waals surface area contributed by atoms with Crippen LogP contribution in [0.1, 0.15) is 54.5 Å². The molecule has 5 nitrogen and oxygen atoms in total. The van der Waals surface area contributed by atoms with Crippen LogP contribution >= 0.6 is 11.6 Å². The summed E-state index contributed by atoms with van der Waals surface area (Å²) in [6.07, 6.45) is 8.55. The lowest BCUT2D eigenvalue weighted by Gasteiger charge is -2.23. The van der Waals surface area contributed by atoms with E-state index in [0.717, 1.165) is 24.2 Å². The topological polar surface area (TPSA) is 66.0 Å². The van der Waals surface area contributed by atoms with E-state index < -0.39 is 5.82 Å². The molecule has 1 saturated carbocycles. The minimum atomic E-state index is -0.500. The number of nitrogens with zero attached hydrogens (tertiary/aromatic N) is 4. The van der Waals surface area contributed by atoms with Gasteiger partial charge in [-0.15, -0.1) is 0 Å². The van der Waals surface area contributed by atoms with Gasteiger partial charge in [-0.25, -0.2) is 9.37 Å². The Balaban J connectivity index is 1.57. The molecule has 2 aliphatic carbocycles. The molecule has 0 bridgehead atoms. The van der Waals surface area contributed by atoms with Crippen LogP contribution in [0.4, 0.5) is 10.2 Å². The number of anilines is 1. The number of hydrogen-bond acceptors (Lipinski definition) is 4. The van der Waals surface area contributed by atoms with Gasteiger partial charge in [0.15, 0.2) is 5.65 Å². The van der Waals surface area contributed by atoms with Crippen molar-refractivity contribution in [2.75, 3.05) is 5.32 Å². The predicted octanol–water partition coefficient (Wildman–Crippen LogP) is 4.76. The van der Waals surface area contributed by atoms with E-state index in [9.17, 15) is 4.39 Å². The van der Waals surface area contributed by atoms with Gasteiger partial charge in [0.2, 0.25) is 0 Å². The number of halogens is 2. The number of rotatable bonds is 3. The van der Waals surface area contributed by atoms with E-state index in [2.05, 4.69) is 10.4 Å². The van der Waals surface area contributed by atoms with E-state index in [4.69, 9.17) is 21.8 Å². The van der Waals surface area contributed by atoms with Crippen molar-refractivity contribution in [1.29, 1.82) is 5.26 Å². The molecule has 2 aromatic heterocycles. The highest BCUT2D eigenvalue weighted by atomic mass is 35.5. The molecule has 0 saturated heterocycles. The van der Waals surface area contributed by atoms with E-state index in [1.165, 1.54) is 43.0 Å². The maximum Gasteiger partial charge on any atom is 0.176 e. The highest BCUT2D eigenvalue weighted by molar-refractivity contribution is 6.33. The fourth-order valence-electron chi connectivity index (χ4n) is 4.83. The lowest BCUT2D eigenvalue weighted by atomic mass is 9.83. The van der Waals surface area contributed by atoms with Crippen LogP contribution in [0.25, 0.3) is 5.65 Å². The number of nitrogens with one attached hydrogen (secondary N) is 1. The molecular weight excluding hydrogens is 377 g/mol. The molecule has 142 valence electrons. The van der Waals surface area contributed by atoms with Crippen molar-refractivity contribution in [3.05, 3.63) is 57.6 Å².